The SMILES string of the molecule is CC=C(C)C(=O)OC(=O)CCCCC=O. The van der Waals surface area contributed by atoms with Gasteiger partial charge in [0.15, 0.2) is 0 Å². The Morgan fingerprint density at radius 1 is 1.27 bits per heavy atom. The van der Waals surface area contributed by atoms with Crippen LogP contribution >= 0.6 is 0 Å². The Labute approximate surface area is 89.3 Å². The minimum Gasteiger partial charge on any atom is -0.390 e. The quantitative estimate of drug-likeness (QED) is 0.221. The van der Waals surface area contributed by atoms with Crippen molar-refractivity contribution in [2.75, 3.05) is 0 Å². The van der Waals surface area contributed by atoms with Gasteiger partial charge < -0.3 is 9.53 Å². The van der Waals surface area contributed by atoms with E-state index < -0.39 is 11.9 Å². The molecular formula is C11H16O4. The first-order valence-electron chi connectivity index (χ1n) is 4.93. The molecule has 0 aliphatic rings. The Bertz CT molecular complexity index is 266. The van der Waals surface area contributed by atoms with Gasteiger partial charge in [-0.1, -0.05) is 6.08 Å². The second kappa shape index (κ2) is 7.91. The predicted octanol–water partition coefficient (Wildman–Crippen LogP) is 1.78. The highest BCUT2D eigenvalue weighted by Gasteiger charge is 2.10. The molecule has 0 amide bonds. The molecule has 0 aliphatic carbocycles. The molecule has 0 saturated carbocycles. The van der Waals surface area contributed by atoms with Crippen molar-refractivity contribution in [3.8, 4) is 0 Å². The first kappa shape index (κ1) is 13.5. The highest BCUT2D eigenvalue weighted by molar-refractivity contribution is 5.95. The lowest BCUT2D eigenvalue weighted by Gasteiger charge is -2.01. The highest BCUT2D eigenvalue weighted by Crippen LogP contribution is 2.02. The van der Waals surface area contributed by atoms with E-state index in [1.807, 2.05) is 0 Å². The molecule has 0 aromatic heterocycles. The normalized spacial score (nSPS) is 10.9. The lowest BCUT2D eigenvalue weighted by atomic mass is 10.2. The fourth-order valence-corrected chi connectivity index (χ4v) is 0.850. The lowest BCUT2D eigenvalue weighted by molar-refractivity contribution is -0.157. The molecule has 84 valence electrons. The highest BCUT2D eigenvalue weighted by atomic mass is 16.6. The van der Waals surface area contributed by atoms with Gasteiger partial charge in [0, 0.05) is 18.4 Å². The van der Waals surface area contributed by atoms with Crippen LogP contribution in [-0.4, -0.2) is 18.2 Å². The molecular weight excluding hydrogens is 196 g/mol. The minimum absolute atomic E-state index is 0.177. The third kappa shape index (κ3) is 6.60. The Morgan fingerprint density at radius 3 is 2.47 bits per heavy atom. The molecule has 15 heavy (non-hydrogen) atoms. The van der Waals surface area contributed by atoms with Crippen LogP contribution in [-0.2, 0) is 19.1 Å². The average molecular weight is 212 g/mol. The number of unbranched alkanes of at least 4 members (excludes halogenated alkanes) is 2. The molecule has 0 N–H and O–H groups in total. The fraction of sp³-hybridized carbons (Fsp3) is 0.545. The number of carbonyl (C=O) groups excluding carboxylic acids is 3. The predicted molar refractivity (Wildman–Crippen MR) is 55.1 cm³/mol. The molecule has 0 bridgehead atoms. The van der Waals surface area contributed by atoms with Crippen molar-refractivity contribution >= 4 is 18.2 Å². The smallest absolute Gasteiger partial charge is 0.341 e. The van der Waals surface area contributed by atoms with Crippen molar-refractivity contribution in [2.24, 2.45) is 0 Å². The van der Waals surface area contributed by atoms with Gasteiger partial charge in [-0.15, -0.1) is 0 Å². The maximum absolute atomic E-state index is 11.1. The number of esters is 2. The van der Waals surface area contributed by atoms with Gasteiger partial charge in [0.05, 0.1) is 0 Å². The van der Waals surface area contributed by atoms with Crippen LogP contribution in [0.3, 0.4) is 0 Å². The Balaban J connectivity index is 3.74. The van der Waals surface area contributed by atoms with Gasteiger partial charge in [-0.2, -0.15) is 0 Å². The summed E-state index contributed by atoms with van der Waals surface area (Å²) in [4.78, 5) is 32.2. The zero-order valence-electron chi connectivity index (χ0n) is 9.12. The second-order valence-electron chi connectivity index (χ2n) is 3.15. The maximum atomic E-state index is 11.1. The maximum Gasteiger partial charge on any atom is 0.341 e. The summed E-state index contributed by atoms with van der Waals surface area (Å²) in [5.74, 6) is -1.13. The van der Waals surface area contributed by atoms with Crippen molar-refractivity contribution in [2.45, 2.75) is 39.5 Å². The van der Waals surface area contributed by atoms with Gasteiger partial charge in [-0.25, -0.2) is 4.79 Å². The molecule has 0 saturated heterocycles. The monoisotopic (exact) mass is 212 g/mol. The van der Waals surface area contributed by atoms with E-state index in [4.69, 9.17) is 0 Å². The summed E-state index contributed by atoms with van der Waals surface area (Å²) in [5, 5.41) is 0. The summed E-state index contributed by atoms with van der Waals surface area (Å²) in [5.41, 5.74) is 0.413. The van der Waals surface area contributed by atoms with Crippen LogP contribution in [0.15, 0.2) is 11.6 Å². The van der Waals surface area contributed by atoms with Gasteiger partial charge in [0.25, 0.3) is 0 Å². The average Bonchev–Trinajstić information content (AvgIpc) is 2.23. The molecule has 0 aromatic carbocycles. The summed E-state index contributed by atoms with van der Waals surface area (Å²) in [6.45, 7) is 3.28. The number of ether oxygens (including phenoxy) is 1. The number of carbonyl (C=O) groups is 3. The van der Waals surface area contributed by atoms with Gasteiger partial charge in [0.1, 0.15) is 6.29 Å². The molecule has 0 aromatic rings. The lowest BCUT2D eigenvalue weighted by Crippen LogP contribution is -2.12. The Morgan fingerprint density at radius 2 is 1.93 bits per heavy atom. The van der Waals surface area contributed by atoms with Crippen molar-refractivity contribution in [1.29, 1.82) is 0 Å². The van der Waals surface area contributed by atoms with Crippen LogP contribution < -0.4 is 0 Å². The van der Waals surface area contributed by atoms with Gasteiger partial charge in [0.2, 0.25) is 0 Å². The molecule has 0 unspecified atom stereocenters. The molecule has 0 fully saturated rings. The summed E-state index contributed by atoms with van der Waals surface area (Å²) >= 11 is 0. The molecule has 4 heteroatoms. The van der Waals surface area contributed by atoms with Crippen LogP contribution in [0.2, 0.25) is 0 Å². The van der Waals surface area contributed by atoms with Crippen molar-refractivity contribution < 1.29 is 19.1 Å². The molecule has 0 rings (SSSR count). The Kier molecular flexibility index (Phi) is 7.14. The van der Waals surface area contributed by atoms with E-state index in [-0.39, 0.29) is 6.42 Å². The van der Waals surface area contributed by atoms with E-state index in [0.717, 1.165) is 6.29 Å². The van der Waals surface area contributed by atoms with Crippen LogP contribution in [0, 0.1) is 0 Å². The number of aldehydes is 1. The van der Waals surface area contributed by atoms with Crippen LogP contribution in [0.25, 0.3) is 0 Å². The van der Waals surface area contributed by atoms with Gasteiger partial charge in [-0.05, 0) is 26.7 Å². The van der Waals surface area contributed by atoms with Crippen LogP contribution in [0.5, 0.6) is 0 Å². The van der Waals surface area contributed by atoms with Crippen molar-refractivity contribution in [1.82, 2.24) is 0 Å². The molecule has 0 heterocycles. The van der Waals surface area contributed by atoms with E-state index in [1.165, 1.54) is 0 Å². The first-order chi connectivity index (χ1) is 7.11. The van der Waals surface area contributed by atoms with Crippen molar-refractivity contribution in [3.05, 3.63) is 11.6 Å². The van der Waals surface area contributed by atoms with Gasteiger partial charge >= 0.3 is 11.9 Å². The fourth-order valence-electron chi connectivity index (χ4n) is 0.850. The molecule has 0 radical (unpaired) electrons. The summed E-state index contributed by atoms with van der Waals surface area (Å²) < 4.78 is 4.55. The summed E-state index contributed by atoms with van der Waals surface area (Å²) in [7, 11) is 0. The number of allylic oxidation sites excluding steroid dienone is 1. The first-order valence-corrected chi connectivity index (χ1v) is 4.93. The number of hydrogen-bond donors (Lipinski definition) is 0. The number of hydrogen-bond acceptors (Lipinski definition) is 4. The van der Waals surface area contributed by atoms with E-state index in [9.17, 15) is 14.4 Å². The molecule has 0 spiro atoms. The number of rotatable bonds is 6. The standard InChI is InChI=1S/C11H16O4/c1-3-9(2)11(14)15-10(13)7-5-4-6-8-12/h3,8H,4-7H2,1-2H3. The second-order valence-corrected chi connectivity index (χ2v) is 3.15. The minimum atomic E-state index is -0.599. The molecule has 4 nitrogen and oxygen atoms in total. The Hall–Kier alpha value is -1.45. The molecule has 0 aliphatic heterocycles. The van der Waals surface area contributed by atoms with Crippen LogP contribution in [0.4, 0.5) is 0 Å². The summed E-state index contributed by atoms with van der Waals surface area (Å²) in [6.07, 6.45) is 4.23. The third-order valence-corrected chi connectivity index (χ3v) is 1.91. The van der Waals surface area contributed by atoms with E-state index in [0.29, 0.717) is 24.8 Å². The topological polar surface area (TPSA) is 60.4 Å². The van der Waals surface area contributed by atoms with Gasteiger partial charge in [-0.3, -0.25) is 4.79 Å². The largest absolute Gasteiger partial charge is 0.390 e. The zero-order chi connectivity index (χ0) is 11.7. The van der Waals surface area contributed by atoms with E-state index >= 15 is 0 Å². The van der Waals surface area contributed by atoms with Crippen LogP contribution in [0.1, 0.15) is 39.5 Å². The molecule has 0 atom stereocenters. The third-order valence-electron chi connectivity index (χ3n) is 1.91. The van der Waals surface area contributed by atoms with Crippen molar-refractivity contribution in [3.63, 3.8) is 0 Å². The van der Waals surface area contributed by atoms with E-state index in [2.05, 4.69) is 4.74 Å². The van der Waals surface area contributed by atoms with E-state index in [1.54, 1.807) is 19.9 Å². The summed E-state index contributed by atoms with van der Waals surface area (Å²) in [6, 6.07) is 0. The zero-order valence-corrected chi connectivity index (χ0v) is 9.12.